The summed E-state index contributed by atoms with van der Waals surface area (Å²) in [7, 11) is 2.11. The molecule has 0 aliphatic heterocycles. The minimum Gasteiger partial charge on any atom is -0.459 e. The number of furan rings is 1. The van der Waals surface area contributed by atoms with E-state index >= 15 is 0 Å². The fourth-order valence-corrected chi connectivity index (χ4v) is 2.33. The van der Waals surface area contributed by atoms with Crippen molar-refractivity contribution in [2.75, 3.05) is 13.6 Å². The molecule has 1 aromatic carbocycles. The topological polar surface area (TPSA) is 42.4 Å². The van der Waals surface area contributed by atoms with E-state index in [0.29, 0.717) is 6.54 Å². The van der Waals surface area contributed by atoms with E-state index in [1.165, 1.54) is 0 Å². The van der Waals surface area contributed by atoms with Gasteiger partial charge in [-0.3, -0.25) is 4.90 Å². The van der Waals surface area contributed by atoms with Crippen LogP contribution in [0, 0.1) is 0 Å². The molecule has 19 heavy (non-hydrogen) atoms. The average molecular weight is 258 g/mol. The lowest BCUT2D eigenvalue weighted by Crippen LogP contribution is -2.19. The fourth-order valence-electron chi connectivity index (χ4n) is 2.33. The first-order valence-electron chi connectivity index (χ1n) is 6.75. The second kappa shape index (κ2) is 6.55. The molecule has 3 nitrogen and oxygen atoms in total. The zero-order valence-corrected chi connectivity index (χ0v) is 11.6. The highest BCUT2D eigenvalue weighted by atomic mass is 16.3. The number of hydrogen-bond acceptors (Lipinski definition) is 3. The van der Waals surface area contributed by atoms with Crippen LogP contribution in [0.3, 0.4) is 0 Å². The second-order valence-electron chi connectivity index (χ2n) is 4.87. The van der Waals surface area contributed by atoms with Gasteiger partial charge in [-0.2, -0.15) is 0 Å². The van der Waals surface area contributed by atoms with Crippen molar-refractivity contribution in [1.29, 1.82) is 0 Å². The smallest absolute Gasteiger partial charge is 0.134 e. The molecule has 0 atom stereocenters. The number of para-hydroxylation sites is 1. The maximum absolute atomic E-state index is 5.93. The largest absolute Gasteiger partial charge is 0.459 e. The molecular weight excluding hydrogens is 236 g/mol. The highest BCUT2D eigenvalue weighted by Gasteiger charge is 2.13. The van der Waals surface area contributed by atoms with Gasteiger partial charge in [0.15, 0.2) is 0 Å². The van der Waals surface area contributed by atoms with Crippen LogP contribution >= 0.6 is 0 Å². The van der Waals surface area contributed by atoms with Gasteiger partial charge in [0, 0.05) is 17.5 Å². The molecule has 0 amide bonds. The third-order valence-corrected chi connectivity index (χ3v) is 3.35. The number of fused-ring (bicyclic) bond motifs is 1. The number of benzene rings is 1. The Morgan fingerprint density at radius 2 is 2.16 bits per heavy atom. The predicted molar refractivity (Wildman–Crippen MR) is 79.9 cm³/mol. The molecule has 0 radical (unpaired) electrons. The molecule has 0 saturated heterocycles. The van der Waals surface area contributed by atoms with Crippen LogP contribution in [0.1, 0.15) is 24.2 Å². The minimum absolute atomic E-state index is 0.521. The molecule has 0 bridgehead atoms. The molecule has 0 saturated carbocycles. The first-order valence-corrected chi connectivity index (χ1v) is 6.75. The van der Waals surface area contributed by atoms with E-state index in [1.54, 1.807) is 0 Å². The van der Waals surface area contributed by atoms with Crippen LogP contribution in [-0.4, -0.2) is 18.5 Å². The van der Waals surface area contributed by atoms with E-state index < -0.39 is 0 Å². The molecule has 1 heterocycles. The summed E-state index contributed by atoms with van der Waals surface area (Å²) in [6.07, 6.45) is 4.13. The Bertz CT molecular complexity index is 545. The summed E-state index contributed by atoms with van der Waals surface area (Å²) in [4.78, 5) is 2.26. The number of allylic oxidation sites excluding steroid dienone is 1. The van der Waals surface area contributed by atoms with Gasteiger partial charge in [0.05, 0.1) is 6.54 Å². The van der Waals surface area contributed by atoms with Crippen LogP contribution in [0.25, 0.3) is 11.0 Å². The van der Waals surface area contributed by atoms with Crippen molar-refractivity contribution in [2.24, 2.45) is 5.73 Å². The zero-order valence-electron chi connectivity index (χ0n) is 11.6. The van der Waals surface area contributed by atoms with Crippen LogP contribution in [0.4, 0.5) is 0 Å². The summed E-state index contributed by atoms with van der Waals surface area (Å²) < 4.78 is 5.93. The number of rotatable bonds is 7. The van der Waals surface area contributed by atoms with Gasteiger partial charge in [-0.25, -0.2) is 0 Å². The monoisotopic (exact) mass is 258 g/mol. The third kappa shape index (κ3) is 3.25. The number of nitrogens with two attached hydrogens (primary N) is 1. The van der Waals surface area contributed by atoms with Crippen molar-refractivity contribution in [3.8, 4) is 0 Å². The average Bonchev–Trinajstić information content (AvgIpc) is 2.76. The van der Waals surface area contributed by atoms with E-state index in [9.17, 15) is 0 Å². The van der Waals surface area contributed by atoms with Gasteiger partial charge in [-0.1, -0.05) is 24.3 Å². The zero-order chi connectivity index (χ0) is 13.7. The lowest BCUT2D eigenvalue weighted by atomic mass is 10.1. The van der Waals surface area contributed by atoms with Gasteiger partial charge in [0.25, 0.3) is 0 Å². The van der Waals surface area contributed by atoms with E-state index in [1.807, 2.05) is 24.3 Å². The van der Waals surface area contributed by atoms with Gasteiger partial charge in [0.2, 0.25) is 0 Å². The van der Waals surface area contributed by atoms with Crippen LogP contribution in [-0.2, 0) is 13.1 Å². The lowest BCUT2D eigenvalue weighted by Gasteiger charge is -2.15. The van der Waals surface area contributed by atoms with Gasteiger partial charge < -0.3 is 10.2 Å². The van der Waals surface area contributed by atoms with Crippen molar-refractivity contribution in [2.45, 2.75) is 25.9 Å². The Hall–Kier alpha value is -1.58. The Morgan fingerprint density at radius 3 is 2.89 bits per heavy atom. The molecule has 0 unspecified atom stereocenters. The van der Waals surface area contributed by atoms with Crippen molar-refractivity contribution < 1.29 is 4.42 Å². The van der Waals surface area contributed by atoms with Crippen LogP contribution in [0.15, 0.2) is 41.3 Å². The van der Waals surface area contributed by atoms with E-state index in [-0.39, 0.29) is 0 Å². The normalized spacial score (nSPS) is 11.3. The quantitative estimate of drug-likeness (QED) is 0.612. The third-order valence-electron chi connectivity index (χ3n) is 3.35. The second-order valence-corrected chi connectivity index (χ2v) is 4.87. The van der Waals surface area contributed by atoms with Crippen molar-refractivity contribution >= 4 is 11.0 Å². The SMILES string of the molecule is C=CCCCN(C)Cc1oc2ccccc2c1CN. The maximum Gasteiger partial charge on any atom is 0.134 e. The molecule has 1 aromatic heterocycles. The predicted octanol–water partition coefficient (Wildman–Crippen LogP) is 3.29. The Labute approximate surface area is 114 Å². The fraction of sp³-hybridized carbons (Fsp3) is 0.375. The van der Waals surface area contributed by atoms with E-state index in [2.05, 4.69) is 24.6 Å². The molecule has 2 rings (SSSR count). The van der Waals surface area contributed by atoms with Gasteiger partial charge >= 0.3 is 0 Å². The Morgan fingerprint density at radius 1 is 1.37 bits per heavy atom. The van der Waals surface area contributed by atoms with Crippen LogP contribution in [0.5, 0.6) is 0 Å². The molecule has 2 aromatic rings. The first-order chi connectivity index (χ1) is 9.26. The molecule has 0 aliphatic carbocycles. The van der Waals surface area contributed by atoms with Crippen molar-refractivity contribution in [3.05, 3.63) is 48.2 Å². The summed E-state index contributed by atoms with van der Waals surface area (Å²) >= 11 is 0. The van der Waals surface area contributed by atoms with Crippen molar-refractivity contribution in [3.63, 3.8) is 0 Å². The summed E-state index contributed by atoms with van der Waals surface area (Å²) in [5, 5.41) is 1.14. The van der Waals surface area contributed by atoms with E-state index in [0.717, 1.165) is 48.2 Å². The molecule has 3 heteroatoms. The summed E-state index contributed by atoms with van der Waals surface area (Å²) in [6.45, 7) is 6.10. The van der Waals surface area contributed by atoms with E-state index in [4.69, 9.17) is 10.2 Å². The van der Waals surface area contributed by atoms with Crippen LogP contribution in [0.2, 0.25) is 0 Å². The van der Waals surface area contributed by atoms with Crippen LogP contribution < -0.4 is 5.73 Å². The van der Waals surface area contributed by atoms with Gasteiger partial charge in [-0.05, 0) is 32.5 Å². The highest BCUT2D eigenvalue weighted by molar-refractivity contribution is 5.82. The minimum atomic E-state index is 0.521. The number of hydrogen-bond donors (Lipinski definition) is 1. The molecular formula is C16H22N2O. The maximum atomic E-state index is 5.93. The molecule has 0 spiro atoms. The van der Waals surface area contributed by atoms with Crippen molar-refractivity contribution in [1.82, 2.24) is 4.90 Å². The lowest BCUT2D eigenvalue weighted by molar-refractivity contribution is 0.295. The van der Waals surface area contributed by atoms with Gasteiger partial charge in [0.1, 0.15) is 11.3 Å². The Kier molecular flexibility index (Phi) is 4.77. The summed E-state index contributed by atoms with van der Waals surface area (Å²) in [6, 6.07) is 8.08. The Balaban J connectivity index is 2.13. The highest BCUT2D eigenvalue weighted by Crippen LogP contribution is 2.26. The number of nitrogens with zero attached hydrogens (tertiary/aromatic N) is 1. The molecule has 0 aliphatic rings. The summed E-state index contributed by atoms with van der Waals surface area (Å²) in [5.74, 6) is 0.991. The molecule has 102 valence electrons. The summed E-state index contributed by atoms with van der Waals surface area (Å²) in [5.41, 5.74) is 7.93. The standard InChI is InChI=1S/C16H22N2O/c1-3-4-7-10-18(2)12-16-14(11-17)13-8-5-6-9-15(13)19-16/h3,5-6,8-9H,1,4,7,10-12,17H2,2H3. The first kappa shape index (κ1) is 13.8. The molecule has 2 N–H and O–H groups in total. The number of unbranched alkanes of at least 4 members (excludes halogenated alkanes) is 1. The van der Waals surface area contributed by atoms with Gasteiger partial charge in [-0.15, -0.1) is 6.58 Å². The molecule has 0 fully saturated rings.